The maximum absolute atomic E-state index is 5.99. The quantitative estimate of drug-likeness (QED) is 0.579. The van der Waals surface area contributed by atoms with Gasteiger partial charge in [-0.05, 0) is 24.8 Å². The first-order chi connectivity index (χ1) is 4.70. The van der Waals surface area contributed by atoms with Gasteiger partial charge in [-0.25, -0.2) is 0 Å². The molecule has 0 saturated carbocycles. The lowest BCUT2D eigenvalue weighted by Crippen LogP contribution is -2.38. The zero-order valence-corrected chi connectivity index (χ0v) is 7.49. The summed E-state index contributed by atoms with van der Waals surface area (Å²) < 4.78 is 0. The minimum atomic E-state index is 0.362. The van der Waals surface area contributed by atoms with Crippen LogP contribution in [0.25, 0.3) is 0 Å². The van der Waals surface area contributed by atoms with Crippen molar-refractivity contribution in [2.24, 2.45) is 11.8 Å². The molecule has 1 saturated heterocycles. The average molecular weight is 162 g/mol. The monoisotopic (exact) mass is 161 g/mol. The van der Waals surface area contributed by atoms with Gasteiger partial charge in [-0.1, -0.05) is 13.8 Å². The SMILES string of the molecule is CC(C)C1CNCC(Cl)C1. The molecule has 0 aromatic rings. The summed E-state index contributed by atoms with van der Waals surface area (Å²) in [4.78, 5) is 0. The number of hydrogen-bond acceptors (Lipinski definition) is 1. The fourth-order valence-corrected chi connectivity index (χ4v) is 1.77. The molecule has 0 radical (unpaired) electrons. The Morgan fingerprint density at radius 3 is 2.50 bits per heavy atom. The van der Waals surface area contributed by atoms with Crippen LogP contribution in [0, 0.1) is 11.8 Å². The largest absolute Gasteiger partial charge is 0.315 e. The molecular formula is C8H16ClN. The van der Waals surface area contributed by atoms with E-state index in [-0.39, 0.29) is 0 Å². The second-order valence-electron chi connectivity index (χ2n) is 3.50. The molecule has 60 valence electrons. The highest BCUT2D eigenvalue weighted by Crippen LogP contribution is 2.21. The molecule has 10 heavy (non-hydrogen) atoms. The highest BCUT2D eigenvalue weighted by Gasteiger charge is 2.21. The topological polar surface area (TPSA) is 12.0 Å². The maximum Gasteiger partial charge on any atom is 0.0463 e. The lowest BCUT2D eigenvalue weighted by molar-refractivity contribution is 0.300. The van der Waals surface area contributed by atoms with Crippen LogP contribution < -0.4 is 5.32 Å². The van der Waals surface area contributed by atoms with E-state index in [1.165, 1.54) is 6.42 Å². The zero-order chi connectivity index (χ0) is 7.56. The van der Waals surface area contributed by atoms with E-state index in [1.54, 1.807) is 0 Å². The van der Waals surface area contributed by atoms with Crippen LogP contribution in [0.3, 0.4) is 0 Å². The van der Waals surface area contributed by atoms with Crippen molar-refractivity contribution in [3.8, 4) is 0 Å². The van der Waals surface area contributed by atoms with Gasteiger partial charge in [-0.15, -0.1) is 11.6 Å². The zero-order valence-electron chi connectivity index (χ0n) is 6.73. The third-order valence-electron chi connectivity index (χ3n) is 2.27. The van der Waals surface area contributed by atoms with E-state index >= 15 is 0 Å². The summed E-state index contributed by atoms with van der Waals surface area (Å²) in [5.74, 6) is 1.56. The summed E-state index contributed by atoms with van der Waals surface area (Å²) in [6.07, 6.45) is 1.19. The molecule has 0 aromatic heterocycles. The first-order valence-corrected chi connectivity index (χ1v) is 4.48. The van der Waals surface area contributed by atoms with Crippen molar-refractivity contribution in [3.63, 3.8) is 0 Å². The van der Waals surface area contributed by atoms with Gasteiger partial charge in [-0.3, -0.25) is 0 Å². The third-order valence-corrected chi connectivity index (χ3v) is 2.61. The number of halogens is 1. The molecule has 0 amide bonds. The Kier molecular flexibility index (Phi) is 2.99. The highest BCUT2D eigenvalue weighted by atomic mass is 35.5. The molecule has 2 heteroatoms. The van der Waals surface area contributed by atoms with Gasteiger partial charge in [0, 0.05) is 11.9 Å². The van der Waals surface area contributed by atoms with Crippen LogP contribution in [0.1, 0.15) is 20.3 Å². The average Bonchev–Trinajstić information content (AvgIpc) is 1.88. The minimum Gasteiger partial charge on any atom is -0.315 e. The molecule has 0 aromatic carbocycles. The summed E-state index contributed by atoms with van der Waals surface area (Å²) >= 11 is 5.99. The molecule has 0 aliphatic carbocycles. The summed E-state index contributed by atoms with van der Waals surface area (Å²) in [6.45, 7) is 6.67. The standard InChI is InChI=1S/C8H16ClN/c1-6(2)7-3-8(9)5-10-4-7/h6-8,10H,3-5H2,1-2H3. The van der Waals surface area contributed by atoms with Crippen LogP contribution in [0.4, 0.5) is 0 Å². The van der Waals surface area contributed by atoms with Crippen LogP contribution >= 0.6 is 11.6 Å². The Balaban J connectivity index is 2.32. The van der Waals surface area contributed by atoms with E-state index in [9.17, 15) is 0 Å². The summed E-state index contributed by atoms with van der Waals surface area (Å²) in [5, 5.41) is 3.70. The first-order valence-electron chi connectivity index (χ1n) is 4.05. The Morgan fingerprint density at radius 1 is 1.40 bits per heavy atom. The van der Waals surface area contributed by atoms with Gasteiger partial charge < -0.3 is 5.32 Å². The number of hydrogen-bond donors (Lipinski definition) is 1. The molecule has 1 nitrogen and oxygen atoms in total. The lowest BCUT2D eigenvalue weighted by Gasteiger charge is -2.29. The van der Waals surface area contributed by atoms with E-state index in [0.29, 0.717) is 5.38 Å². The van der Waals surface area contributed by atoms with E-state index in [1.807, 2.05) is 0 Å². The fourth-order valence-electron chi connectivity index (χ4n) is 1.43. The summed E-state index contributed by atoms with van der Waals surface area (Å²) in [5.41, 5.74) is 0. The molecule has 1 N–H and O–H groups in total. The molecule has 1 aliphatic rings. The lowest BCUT2D eigenvalue weighted by atomic mass is 9.89. The fraction of sp³-hybridized carbons (Fsp3) is 1.00. The maximum atomic E-state index is 5.99. The van der Waals surface area contributed by atoms with Crippen molar-refractivity contribution < 1.29 is 0 Å². The second kappa shape index (κ2) is 3.59. The van der Waals surface area contributed by atoms with Gasteiger partial charge >= 0.3 is 0 Å². The Morgan fingerprint density at radius 2 is 2.10 bits per heavy atom. The minimum absolute atomic E-state index is 0.362. The van der Waals surface area contributed by atoms with Gasteiger partial charge in [0.25, 0.3) is 0 Å². The van der Waals surface area contributed by atoms with E-state index in [2.05, 4.69) is 19.2 Å². The van der Waals surface area contributed by atoms with Crippen molar-refractivity contribution >= 4 is 11.6 Å². The second-order valence-corrected chi connectivity index (χ2v) is 4.11. The van der Waals surface area contributed by atoms with Crippen LogP contribution in [0.2, 0.25) is 0 Å². The molecule has 2 unspecified atom stereocenters. The number of nitrogens with one attached hydrogen (secondary N) is 1. The molecule has 1 rings (SSSR count). The molecular weight excluding hydrogens is 146 g/mol. The van der Waals surface area contributed by atoms with Gasteiger partial charge in [0.15, 0.2) is 0 Å². The van der Waals surface area contributed by atoms with Crippen LogP contribution in [-0.4, -0.2) is 18.5 Å². The molecule has 0 spiro atoms. The van der Waals surface area contributed by atoms with Gasteiger partial charge in [-0.2, -0.15) is 0 Å². The summed E-state index contributed by atoms with van der Waals surface area (Å²) in [6, 6.07) is 0. The van der Waals surface area contributed by atoms with Crippen LogP contribution in [-0.2, 0) is 0 Å². The van der Waals surface area contributed by atoms with Crippen LogP contribution in [0.5, 0.6) is 0 Å². The smallest absolute Gasteiger partial charge is 0.0463 e. The molecule has 1 heterocycles. The molecule has 0 bridgehead atoms. The Labute approximate surface area is 68.1 Å². The molecule has 1 aliphatic heterocycles. The van der Waals surface area contributed by atoms with Crippen molar-refractivity contribution in [2.75, 3.05) is 13.1 Å². The van der Waals surface area contributed by atoms with Crippen molar-refractivity contribution in [3.05, 3.63) is 0 Å². The first kappa shape index (κ1) is 8.35. The molecule has 1 fully saturated rings. The van der Waals surface area contributed by atoms with Crippen molar-refractivity contribution in [2.45, 2.75) is 25.6 Å². The normalized spacial score (nSPS) is 34.8. The predicted octanol–water partition coefficient (Wildman–Crippen LogP) is 1.86. The Hall–Kier alpha value is 0.250. The van der Waals surface area contributed by atoms with Crippen molar-refractivity contribution in [1.29, 1.82) is 0 Å². The number of alkyl halides is 1. The van der Waals surface area contributed by atoms with E-state index < -0.39 is 0 Å². The Bertz CT molecular complexity index is 103. The highest BCUT2D eigenvalue weighted by molar-refractivity contribution is 6.20. The van der Waals surface area contributed by atoms with E-state index in [4.69, 9.17) is 11.6 Å². The summed E-state index contributed by atoms with van der Waals surface area (Å²) in [7, 11) is 0. The van der Waals surface area contributed by atoms with Gasteiger partial charge in [0.2, 0.25) is 0 Å². The molecule has 2 atom stereocenters. The predicted molar refractivity (Wildman–Crippen MR) is 45.5 cm³/mol. The number of piperidine rings is 1. The number of rotatable bonds is 1. The van der Waals surface area contributed by atoms with Crippen LogP contribution in [0.15, 0.2) is 0 Å². The van der Waals surface area contributed by atoms with Crippen molar-refractivity contribution in [1.82, 2.24) is 5.32 Å². The van der Waals surface area contributed by atoms with Gasteiger partial charge in [0.05, 0.1) is 0 Å². The van der Waals surface area contributed by atoms with Gasteiger partial charge in [0.1, 0.15) is 0 Å². The van der Waals surface area contributed by atoms with E-state index in [0.717, 1.165) is 24.9 Å². The third kappa shape index (κ3) is 2.14.